The van der Waals surface area contributed by atoms with Gasteiger partial charge in [-0.25, -0.2) is 0 Å². The molecular weight excluding hydrogens is 386 g/mol. The van der Waals surface area contributed by atoms with E-state index in [1.165, 1.54) is 10.4 Å². The summed E-state index contributed by atoms with van der Waals surface area (Å²) >= 11 is 1.76. The maximum Gasteiger partial charge on any atom is 0.264 e. The van der Waals surface area contributed by atoms with Gasteiger partial charge in [0.05, 0.1) is 6.04 Å². The highest BCUT2D eigenvalue weighted by atomic mass is 32.1. The number of amides is 1. The molecule has 148 valence electrons. The topological polar surface area (TPSA) is 48.0 Å². The lowest BCUT2D eigenvalue weighted by Gasteiger charge is -2.37. The quantitative estimate of drug-likeness (QED) is 0.642. The highest BCUT2D eigenvalue weighted by molar-refractivity contribution is 7.10. The van der Waals surface area contributed by atoms with Gasteiger partial charge in [0.15, 0.2) is 17.6 Å². The highest BCUT2D eigenvalue weighted by Crippen LogP contribution is 2.39. The van der Waals surface area contributed by atoms with E-state index in [2.05, 4.69) is 23.6 Å². The van der Waals surface area contributed by atoms with Crippen LogP contribution in [0.2, 0.25) is 0 Å². The average molecular weight is 407 g/mol. The fourth-order valence-corrected chi connectivity index (χ4v) is 4.89. The number of nitrogens with zero attached hydrogens (tertiary/aromatic N) is 1. The van der Waals surface area contributed by atoms with E-state index in [0.717, 1.165) is 12.0 Å². The first kappa shape index (κ1) is 18.1. The molecule has 0 saturated carbocycles. The van der Waals surface area contributed by atoms with Crippen LogP contribution >= 0.6 is 11.3 Å². The van der Waals surface area contributed by atoms with Crippen molar-refractivity contribution in [1.82, 2.24) is 4.90 Å². The Balaban J connectivity index is 1.40. The summed E-state index contributed by atoms with van der Waals surface area (Å²) in [6, 6.07) is 17.6. The summed E-state index contributed by atoms with van der Waals surface area (Å²) in [4.78, 5) is 16.7. The molecule has 0 bridgehead atoms. The molecule has 0 radical (unpaired) electrons. The van der Waals surface area contributed by atoms with Gasteiger partial charge in [0, 0.05) is 17.5 Å². The number of hydrogen-bond donors (Lipinski definition) is 0. The second-order valence-electron chi connectivity index (χ2n) is 7.17. The number of carbonyl (C=O) groups excluding carboxylic acids is 1. The van der Waals surface area contributed by atoms with Crippen molar-refractivity contribution in [3.8, 4) is 17.2 Å². The first-order valence-corrected chi connectivity index (χ1v) is 10.6. The Hall–Kier alpha value is -2.99. The summed E-state index contributed by atoms with van der Waals surface area (Å²) < 4.78 is 16.7. The molecule has 0 aliphatic carbocycles. The molecule has 3 aromatic rings. The summed E-state index contributed by atoms with van der Waals surface area (Å²) in [5.41, 5.74) is 2.34. The van der Waals surface area contributed by atoms with E-state index in [1.807, 2.05) is 23.1 Å². The number of hydrogen-bond acceptors (Lipinski definition) is 5. The summed E-state index contributed by atoms with van der Waals surface area (Å²) in [5.74, 6) is 1.92. The third-order valence-corrected chi connectivity index (χ3v) is 6.37. The molecule has 6 heteroatoms. The SMILES string of the molecule is C[C@@H](Oc1ccc2c(c1)OCO2)C(=O)N1CCc2sccc2[C@H]1c1ccccc1. The molecule has 0 unspecified atom stereocenters. The van der Waals surface area contributed by atoms with E-state index in [0.29, 0.717) is 23.8 Å². The van der Waals surface area contributed by atoms with Crippen LogP contribution in [0.15, 0.2) is 60.0 Å². The molecule has 1 aromatic heterocycles. The Morgan fingerprint density at radius 1 is 1.14 bits per heavy atom. The summed E-state index contributed by atoms with van der Waals surface area (Å²) in [6.07, 6.45) is 0.264. The zero-order valence-corrected chi connectivity index (χ0v) is 16.9. The first-order valence-electron chi connectivity index (χ1n) is 9.69. The number of rotatable bonds is 4. The Labute approximate surface area is 173 Å². The first-order chi connectivity index (χ1) is 14.2. The average Bonchev–Trinajstić information content (AvgIpc) is 3.41. The molecule has 5 nitrogen and oxygen atoms in total. The van der Waals surface area contributed by atoms with Crippen LogP contribution in [-0.4, -0.2) is 30.2 Å². The van der Waals surface area contributed by atoms with Crippen LogP contribution in [0, 0.1) is 0 Å². The minimum absolute atomic E-state index is 0.0200. The molecule has 3 heterocycles. The van der Waals surface area contributed by atoms with Crippen molar-refractivity contribution in [3.63, 3.8) is 0 Å². The van der Waals surface area contributed by atoms with Gasteiger partial charge in [-0.15, -0.1) is 11.3 Å². The van der Waals surface area contributed by atoms with Gasteiger partial charge in [-0.05, 0) is 48.1 Å². The molecule has 2 aliphatic heterocycles. The Bertz CT molecular complexity index is 1030. The third kappa shape index (κ3) is 3.34. The van der Waals surface area contributed by atoms with Gasteiger partial charge in [-0.2, -0.15) is 0 Å². The molecule has 0 fully saturated rings. The summed E-state index contributed by atoms with van der Waals surface area (Å²) in [7, 11) is 0. The number of benzene rings is 2. The van der Waals surface area contributed by atoms with Gasteiger partial charge in [-0.3, -0.25) is 4.79 Å². The van der Waals surface area contributed by atoms with Crippen LogP contribution in [0.1, 0.15) is 29.0 Å². The molecule has 2 atom stereocenters. The fraction of sp³-hybridized carbons (Fsp3) is 0.261. The van der Waals surface area contributed by atoms with E-state index in [4.69, 9.17) is 14.2 Å². The van der Waals surface area contributed by atoms with E-state index >= 15 is 0 Å². The highest BCUT2D eigenvalue weighted by Gasteiger charge is 2.35. The van der Waals surface area contributed by atoms with Crippen molar-refractivity contribution in [1.29, 1.82) is 0 Å². The monoisotopic (exact) mass is 407 g/mol. The Morgan fingerprint density at radius 2 is 1.97 bits per heavy atom. The standard InChI is InChI=1S/C23H21NO4S/c1-15(28-17-7-8-19-20(13-17)27-14-26-19)23(25)24-11-9-21-18(10-12-29-21)22(24)16-5-3-2-4-6-16/h2-8,10,12-13,15,22H,9,11,14H2,1H3/t15-,22-/m1/s1. The summed E-state index contributed by atoms with van der Waals surface area (Å²) in [5, 5.41) is 2.11. The van der Waals surface area contributed by atoms with E-state index in [-0.39, 0.29) is 18.7 Å². The fourth-order valence-electron chi connectivity index (χ4n) is 3.99. The van der Waals surface area contributed by atoms with Gasteiger partial charge >= 0.3 is 0 Å². The van der Waals surface area contributed by atoms with Gasteiger partial charge in [0.2, 0.25) is 6.79 Å². The van der Waals surface area contributed by atoms with Crippen molar-refractivity contribution in [3.05, 3.63) is 76.0 Å². The van der Waals surface area contributed by atoms with Gasteiger partial charge in [0.25, 0.3) is 5.91 Å². The van der Waals surface area contributed by atoms with Crippen LogP contribution < -0.4 is 14.2 Å². The Morgan fingerprint density at radius 3 is 2.83 bits per heavy atom. The minimum atomic E-state index is -0.609. The Kier molecular flexibility index (Phi) is 4.64. The molecule has 2 aromatic carbocycles. The number of fused-ring (bicyclic) bond motifs is 2. The van der Waals surface area contributed by atoms with Crippen LogP contribution in [0.5, 0.6) is 17.2 Å². The number of thiophene rings is 1. The van der Waals surface area contributed by atoms with Crippen LogP contribution in [-0.2, 0) is 11.2 Å². The van der Waals surface area contributed by atoms with Crippen molar-refractivity contribution >= 4 is 17.2 Å². The lowest BCUT2D eigenvalue weighted by Crippen LogP contribution is -2.46. The normalized spacial score (nSPS) is 18.2. The molecule has 0 spiro atoms. The predicted molar refractivity (Wildman–Crippen MR) is 111 cm³/mol. The molecule has 29 heavy (non-hydrogen) atoms. The molecule has 5 rings (SSSR count). The molecule has 0 N–H and O–H groups in total. The largest absolute Gasteiger partial charge is 0.481 e. The maximum absolute atomic E-state index is 13.4. The summed E-state index contributed by atoms with van der Waals surface area (Å²) in [6.45, 7) is 2.70. The molecule has 2 aliphatic rings. The van der Waals surface area contributed by atoms with Crippen molar-refractivity contribution in [2.75, 3.05) is 13.3 Å². The smallest absolute Gasteiger partial charge is 0.264 e. The van der Waals surface area contributed by atoms with Gasteiger partial charge in [0.1, 0.15) is 5.75 Å². The zero-order valence-electron chi connectivity index (χ0n) is 16.0. The van der Waals surface area contributed by atoms with E-state index in [1.54, 1.807) is 36.5 Å². The lowest BCUT2D eigenvalue weighted by atomic mass is 9.93. The van der Waals surface area contributed by atoms with Crippen LogP contribution in [0.25, 0.3) is 0 Å². The number of carbonyl (C=O) groups is 1. The lowest BCUT2D eigenvalue weighted by molar-refractivity contribution is -0.140. The van der Waals surface area contributed by atoms with Crippen LogP contribution in [0.3, 0.4) is 0 Å². The van der Waals surface area contributed by atoms with Crippen molar-refractivity contribution < 1.29 is 19.0 Å². The second kappa shape index (κ2) is 7.44. The maximum atomic E-state index is 13.4. The molecular formula is C23H21NO4S. The minimum Gasteiger partial charge on any atom is -0.481 e. The second-order valence-corrected chi connectivity index (χ2v) is 8.17. The van der Waals surface area contributed by atoms with Crippen molar-refractivity contribution in [2.45, 2.75) is 25.5 Å². The van der Waals surface area contributed by atoms with Crippen LogP contribution in [0.4, 0.5) is 0 Å². The van der Waals surface area contributed by atoms with E-state index < -0.39 is 6.10 Å². The molecule has 0 saturated heterocycles. The van der Waals surface area contributed by atoms with Gasteiger partial charge in [-0.1, -0.05) is 30.3 Å². The number of ether oxygens (including phenoxy) is 3. The third-order valence-electron chi connectivity index (χ3n) is 5.37. The van der Waals surface area contributed by atoms with Gasteiger partial charge < -0.3 is 19.1 Å². The molecule has 1 amide bonds. The van der Waals surface area contributed by atoms with E-state index in [9.17, 15) is 4.79 Å². The predicted octanol–water partition coefficient (Wildman–Crippen LogP) is 4.42. The zero-order chi connectivity index (χ0) is 19.8. The van der Waals surface area contributed by atoms with Crippen molar-refractivity contribution in [2.24, 2.45) is 0 Å².